The molecule has 0 fully saturated rings. The molecule has 28 heavy (non-hydrogen) atoms. The number of Topliss-reactive ketones (excluding diaryl/α,β-unsaturated/α-hetero) is 2. The van der Waals surface area contributed by atoms with Gasteiger partial charge in [-0.15, -0.1) is 5.10 Å². The monoisotopic (exact) mass is 370 g/mol. The number of carbonyl (C=O) groups is 2. The lowest BCUT2D eigenvalue weighted by molar-refractivity contribution is 0.0846. The number of nitrogens with zero attached hydrogens (tertiary/aromatic N) is 5. The molecule has 0 aliphatic rings. The summed E-state index contributed by atoms with van der Waals surface area (Å²) >= 11 is 0. The lowest BCUT2D eigenvalue weighted by Gasteiger charge is -2.09. The van der Waals surface area contributed by atoms with E-state index in [1.54, 1.807) is 37.3 Å². The molecule has 1 atom stereocenters. The number of hydrogen-bond acceptors (Lipinski definition) is 6. The van der Waals surface area contributed by atoms with E-state index in [2.05, 4.69) is 20.5 Å². The molecule has 0 radical (unpaired) electrons. The number of hydrogen-bond donors (Lipinski definition) is 1. The van der Waals surface area contributed by atoms with Crippen LogP contribution >= 0.6 is 0 Å². The van der Waals surface area contributed by atoms with Crippen molar-refractivity contribution in [2.45, 2.75) is 6.92 Å². The minimum atomic E-state index is -1.42. The first-order chi connectivity index (χ1) is 13.6. The van der Waals surface area contributed by atoms with Crippen LogP contribution in [0.1, 0.15) is 26.4 Å². The molecular formula is C20H14N6O2. The Kier molecular flexibility index (Phi) is 4.26. The first-order valence-corrected chi connectivity index (χ1v) is 8.49. The zero-order valence-corrected chi connectivity index (χ0v) is 14.8. The van der Waals surface area contributed by atoms with Crippen molar-refractivity contribution in [3.63, 3.8) is 0 Å². The number of fused-ring (bicyclic) bond motifs is 1. The molecule has 0 spiro atoms. The summed E-state index contributed by atoms with van der Waals surface area (Å²) in [5.74, 6) is -2.47. The Hall–Kier alpha value is -4.12. The van der Waals surface area contributed by atoms with Crippen LogP contribution in [0.2, 0.25) is 0 Å². The van der Waals surface area contributed by atoms with Crippen molar-refractivity contribution in [2.75, 3.05) is 0 Å². The predicted molar refractivity (Wildman–Crippen MR) is 100.0 cm³/mol. The maximum absolute atomic E-state index is 13.0. The summed E-state index contributed by atoms with van der Waals surface area (Å²) in [4.78, 5) is 29.0. The highest BCUT2D eigenvalue weighted by atomic mass is 16.2. The first kappa shape index (κ1) is 17.3. The van der Waals surface area contributed by atoms with Crippen molar-refractivity contribution in [1.29, 1.82) is 5.26 Å². The minimum Gasteiger partial charge on any atom is -0.358 e. The van der Waals surface area contributed by atoms with E-state index in [-0.39, 0.29) is 5.56 Å². The van der Waals surface area contributed by atoms with Gasteiger partial charge in [-0.1, -0.05) is 18.2 Å². The number of tetrazole rings is 1. The molecule has 8 heteroatoms. The van der Waals surface area contributed by atoms with Crippen molar-refractivity contribution in [1.82, 2.24) is 25.2 Å². The fourth-order valence-corrected chi connectivity index (χ4v) is 3.20. The summed E-state index contributed by atoms with van der Waals surface area (Å²) in [6.07, 6.45) is 1.43. The van der Waals surface area contributed by atoms with Gasteiger partial charge < -0.3 is 4.98 Å². The summed E-state index contributed by atoms with van der Waals surface area (Å²) in [6.45, 7) is 1.76. The van der Waals surface area contributed by atoms with Gasteiger partial charge in [-0.2, -0.15) is 5.26 Å². The molecule has 0 bridgehead atoms. The van der Waals surface area contributed by atoms with Crippen LogP contribution in [0.5, 0.6) is 0 Å². The normalized spacial score (nSPS) is 11.9. The highest BCUT2D eigenvalue weighted by Crippen LogP contribution is 2.26. The zero-order valence-electron chi connectivity index (χ0n) is 14.8. The Morgan fingerprint density at radius 3 is 2.54 bits per heavy atom. The summed E-state index contributed by atoms with van der Waals surface area (Å²) in [5, 5.41) is 21.2. The van der Waals surface area contributed by atoms with Gasteiger partial charge in [0, 0.05) is 27.7 Å². The summed E-state index contributed by atoms with van der Waals surface area (Å²) in [6, 6.07) is 15.6. The topological polar surface area (TPSA) is 117 Å². The minimum absolute atomic E-state index is 0.272. The predicted octanol–water partition coefficient (Wildman–Crippen LogP) is 2.66. The van der Waals surface area contributed by atoms with Crippen LogP contribution in [0.3, 0.4) is 0 Å². The maximum atomic E-state index is 13.0. The molecule has 0 aliphatic heterocycles. The van der Waals surface area contributed by atoms with E-state index in [1.807, 2.05) is 24.3 Å². The third-order valence-corrected chi connectivity index (χ3v) is 4.56. The molecule has 1 N–H and O–H groups in total. The molecule has 136 valence electrons. The van der Waals surface area contributed by atoms with Gasteiger partial charge in [0.25, 0.3) is 0 Å². The number of aryl methyl sites for hydroxylation is 1. The molecule has 0 aliphatic carbocycles. The average molecular weight is 370 g/mol. The van der Waals surface area contributed by atoms with E-state index in [1.165, 1.54) is 11.0 Å². The second kappa shape index (κ2) is 6.89. The first-order valence-electron chi connectivity index (χ1n) is 8.49. The van der Waals surface area contributed by atoms with Crippen molar-refractivity contribution in [2.24, 2.45) is 5.92 Å². The number of para-hydroxylation sites is 1. The van der Waals surface area contributed by atoms with Crippen LogP contribution in [0.15, 0.2) is 54.9 Å². The number of aromatic amines is 1. The number of carbonyl (C=O) groups excluding carboxylic acids is 2. The molecule has 0 amide bonds. The van der Waals surface area contributed by atoms with E-state index in [0.29, 0.717) is 22.3 Å². The third-order valence-electron chi connectivity index (χ3n) is 4.56. The van der Waals surface area contributed by atoms with Crippen molar-refractivity contribution < 1.29 is 9.59 Å². The SMILES string of the molecule is Cc1[nH]c2ccccc2c1C(=O)C(C#N)C(=O)c1ccc(-n2cnnn2)cc1. The Bertz CT molecular complexity index is 1220. The lowest BCUT2D eigenvalue weighted by atomic mass is 9.90. The van der Waals surface area contributed by atoms with Gasteiger partial charge in [-0.3, -0.25) is 9.59 Å². The molecule has 4 aromatic rings. The second-order valence-electron chi connectivity index (χ2n) is 6.26. The van der Waals surface area contributed by atoms with Gasteiger partial charge in [0.1, 0.15) is 6.33 Å². The fourth-order valence-electron chi connectivity index (χ4n) is 3.20. The molecule has 2 heterocycles. The Morgan fingerprint density at radius 1 is 1.11 bits per heavy atom. The van der Waals surface area contributed by atoms with Gasteiger partial charge in [-0.05, 0) is 47.7 Å². The number of nitriles is 1. The second-order valence-corrected chi connectivity index (χ2v) is 6.26. The lowest BCUT2D eigenvalue weighted by Crippen LogP contribution is -2.23. The van der Waals surface area contributed by atoms with E-state index in [9.17, 15) is 14.9 Å². The number of aromatic nitrogens is 5. The van der Waals surface area contributed by atoms with Gasteiger partial charge in [0.2, 0.25) is 0 Å². The quantitative estimate of drug-likeness (QED) is 0.426. The smallest absolute Gasteiger partial charge is 0.190 e. The maximum Gasteiger partial charge on any atom is 0.190 e. The molecule has 0 saturated heterocycles. The fraction of sp³-hybridized carbons (Fsp3) is 0.100. The molecule has 2 aromatic carbocycles. The molecule has 1 unspecified atom stereocenters. The van der Waals surface area contributed by atoms with Crippen LogP contribution in [-0.2, 0) is 0 Å². The number of nitrogens with one attached hydrogen (secondary N) is 1. The van der Waals surface area contributed by atoms with Crippen molar-refractivity contribution in [3.05, 3.63) is 71.7 Å². The molecule has 2 aromatic heterocycles. The summed E-state index contributed by atoms with van der Waals surface area (Å²) < 4.78 is 1.44. The van der Waals surface area contributed by atoms with Crippen LogP contribution in [0.4, 0.5) is 0 Å². The van der Waals surface area contributed by atoms with Gasteiger partial charge in [-0.25, -0.2) is 4.68 Å². The van der Waals surface area contributed by atoms with Crippen LogP contribution in [0, 0.1) is 24.2 Å². The Labute approximate surface area is 159 Å². The summed E-state index contributed by atoms with van der Waals surface area (Å²) in [7, 11) is 0. The number of H-pyrrole nitrogens is 1. The highest BCUT2D eigenvalue weighted by molar-refractivity contribution is 6.22. The number of rotatable bonds is 5. The Morgan fingerprint density at radius 2 is 1.86 bits per heavy atom. The highest BCUT2D eigenvalue weighted by Gasteiger charge is 2.31. The van der Waals surface area contributed by atoms with Crippen LogP contribution < -0.4 is 0 Å². The van der Waals surface area contributed by atoms with Gasteiger partial charge in [0.05, 0.1) is 11.8 Å². The van der Waals surface area contributed by atoms with E-state index in [0.717, 1.165) is 5.52 Å². The number of benzene rings is 2. The molecular weight excluding hydrogens is 356 g/mol. The third kappa shape index (κ3) is 2.85. The van der Waals surface area contributed by atoms with Crippen molar-refractivity contribution in [3.8, 4) is 11.8 Å². The molecule has 0 saturated carbocycles. The largest absolute Gasteiger partial charge is 0.358 e. The van der Waals surface area contributed by atoms with E-state index >= 15 is 0 Å². The van der Waals surface area contributed by atoms with Gasteiger partial charge in [0.15, 0.2) is 17.5 Å². The van der Waals surface area contributed by atoms with Crippen LogP contribution in [-0.4, -0.2) is 36.8 Å². The standard InChI is InChI=1S/C20H14N6O2/c1-12-18(15-4-2-3-5-17(15)23-12)20(28)16(10-21)19(27)13-6-8-14(9-7-13)26-11-22-24-25-26/h2-9,11,16,23H,1H3. The van der Waals surface area contributed by atoms with E-state index < -0.39 is 17.5 Å². The van der Waals surface area contributed by atoms with Gasteiger partial charge >= 0.3 is 0 Å². The van der Waals surface area contributed by atoms with E-state index in [4.69, 9.17) is 0 Å². The molecule has 4 rings (SSSR count). The average Bonchev–Trinajstić information content (AvgIpc) is 3.35. The Balaban J connectivity index is 1.66. The number of ketones is 2. The summed E-state index contributed by atoms with van der Waals surface area (Å²) in [5.41, 5.74) is 2.73. The van der Waals surface area contributed by atoms with Crippen molar-refractivity contribution >= 4 is 22.5 Å². The zero-order chi connectivity index (χ0) is 19.7. The molecule has 8 nitrogen and oxygen atoms in total. The van der Waals surface area contributed by atoms with Crippen LogP contribution in [0.25, 0.3) is 16.6 Å².